The summed E-state index contributed by atoms with van der Waals surface area (Å²) < 4.78 is 21.7. The maximum Gasteiger partial charge on any atom is 0.320 e. The van der Waals surface area contributed by atoms with E-state index in [1.165, 1.54) is 103 Å². The van der Waals surface area contributed by atoms with Gasteiger partial charge in [0.15, 0.2) is 0 Å². The van der Waals surface area contributed by atoms with E-state index in [0.29, 0.717) is 13.0 Å². The van der Waals surface area contributed by atoms with Crippen LogP contribution in [0.2, 0.25) is 0 Å². The number of aliphatic carboxylic acids is 1. The Bertz CT molecular complexity index is 524. The minimum Gasteiger partial charge on any atom is -0.756 e. The first kappa shape index (κ1) is 40.6. The fraction of sp³-hybridized carbons (Fsp3) is 0.967. The molecule has 39 heavy (non-hydrogen) atoms. The number of carbonyl (C=O) groups is 1. The van der Waals surface area contributed by atoms with Crippen molar-refractivity contribution in [1.82, 2.24) is 0 Å². The van der Waals surface area contributed by atoms with E-state index in [1.54, 1.807) is 0 Å². The Balaban J connectivity index is 0. The summed E-state index contributed by atoms with van der Waals surface area (Å²) in [7, 11) is -4.10. The number of unbranched alkanes of at least 4 members (excludes halogenated alkanes) is 19. The number of nitrogens with two attached hydrogens (primary N) is 2. The SMILES string of the molecule is CCCCCCCCCCCCOP(=O)([O-])OCCCCCCCCCCCC.NCCCCC(N)C(=O)O. The molecule has 1 unspecified atom stereocenters. The van der Waals surface area contributed by atoms with Crippen LogP contribution in [-0.2, 0) is 18.4 Å². The lowest BCUT2D eigenvalue weighted by molar-refractivity contribution is -0.225. The van der Waals surface area contributed by atoms with E-state index < -0.39 is 19.8 Å². The maximum absolute atomic E-state index is 11.7. The molecule has 0 aromatic carbocycles. The number of hydrogen-bond acceptors (Lipinski definition) is 7. The molecule has 0 fully saturated rings. The molecule has 5 N–H and O–H groups in total. The second-order valence-corrected chi connectivity index (χ2v) is 12.1. The first-order chi connectivity index (χ1) is 18.8. The number of rotatable bonds is 29. The molecule has 0 aliphatic rings. The normalized spacial score (nSPS) is 12.2. The molecule has 0 saturated carbocycles. The quantitative estimate of drug-likeness (QED) is 0.0599. The number of hydrogen-bond donors (Lipinski definition) is 3. The Labute approximate surface area is 241 Å². The lowest BCUT2D eigenvalue weighted by Gasteiger charge is -2.22. The molecule has 236 valence electrons. The zero-order valence-electron chi connectivity index (χ0n) is 25.6. The zero-order chi connectivity index (χ0) is 29.5. The molecular weight excluding hydrogens is 515 g/mol. The van der Waals surface area contributed by atoms with Crippen LogP contribution in [0.15, 0.2) is 0 Å². The van der Waals surface area contributed by atoms with Gasteiger partial charge in [-0.05, 0) is 32.2 Å². The van der Waals surface area contributed by atoms with E-state index in [1.807, 2.05) is 0 Å². The second-order valence-electron chi connectivity index (χ2n) is 10.7. The lowest BCUT2D eigenvalue weighted by Crippen LogP contribution is -2.29. The molecule has 0 aliphatic heterocycles. The lowest BCUT2D eigenvalue weighted by atomic mass is 10.1. The van der Waals surface area contributed by atoms with Gasteiger partial charge in [0.05, 0.1) is 13.2 Å². The van der Waals surface area contributed by atoms with Crippen molar-refractivity contribution in [1.29, 1.82) is 0 Å². The van der Waals surface area contributed by atoms with Gasteiger partial charge >= 0.3 is 5.97 Å². The van der Waals surface area contributed by atoms with Gasteiger partial charge in [-0.25, -0.2) is 0 Å². The highest BCUT2D eigenvalue weighted by molar-refractivity contribution is 7.45. The summed E-state index contributed by atoms with van der Waals surface area (Å²) in [6.07, 6.45) is 26.7. The van der Waals surface area contributed by atoms with Crippen molar-refractivity contribution in [2.75, 3.05) is 19.8 Å². The summed E-state index contributed by atoms with van der Waals surface area (Å²) in [6.45, 7) is 5.61. The average molecular weight is 580 g/mol. The van der Waals surface area contributed by atoms with Gasteiger partial charge in [0.2, 0.25) is 0 Å². The third-order valence-electron chi connectivity index (χ3n) is 6.78. The summed E-state index contributed by atoms with van der Waals surface area (Å²) in [5.41, 5.74) is 10.4. The van der Waals surface area contributed by atoms with Crippen molar-refractivity contribution >= 4 is 13.8 Å². The summed E-state index contributed by atoms with van der Waals surface area (Å²) in [5, 5.41) is 8.33. The third kappa shape index (κ3) is 35.5. The molecular formula is C30H64N2O6P-. The van der Waals surface area contributed by atoms with Gasteiger partial charge < -0.3 is 30.5 Å². The molecule has 0 saturated heterocycles. The predicted octanol–water partition coefficient (Wildman–Crippen LogP) is 7.86. The molecule has 0 radical (unpaired) electrons. The minimum absolute atomic E-state index is 0.259. The van der Waals surface area contributed by atoms with Crippen LogP contribution in [0.1, 0.15) is 162 Å². The second kappa shape index (κ2) is 32.0. The first-order valence-electron chi connectivity index (χ1n) is 16.1. The first-order valence-corrected chi connectivity index (χ1v) is 17.5. The van der Waals surface area contributed by atoms with Gasteiger partial charge in [0.25, 0.3) is 7.82 Å². The van der Waals surface area contributed by atoms with E-state index >= 15 is 0 Å². The fourth-order valence-corrected chi connectivity index (χ4v) is 4.98. The van der Waals surface area contributed by atoms with Gasteiger partial charge in [0.1, 0.15) is 6.04 Å². The molecule has 0 bridgehead atoms. The van der Waals surface area contributed by atoms with Crippen LogP contribution >= 0.6 is 7.82 Å². The van der Waals surface area contributed by atoms with Crippen molar-refractivity contribution in [3.05, 3.63) is 0 Å². The van der Waals surface area contributed by atoms with Gasteiger partial charge in [-0.3, -0.25) is 9.36 Å². The van der Waals surface area contributed by atoms with E-state index in [2.05, 4.69) is 13.8 Å². The Hall–Kier alpha value is -0.500. The van der Waals surface area contributed by atoms with Crippen LogP contribution in [0, 0.1) is 0 Å². The van der Waals surface area contributed by atoms with Crippen LogP contribution < -0.4 is 16.4 Å². The number of carboxylic acids is 1. The van der Waals surface area contributed by atoms with Crippen molar-refractivity contribution in [2.45, 2.75) is 168 Å². The zero-order valence-corrected chi connectivity index (χ0v) is 26.4. The predicted molar refractivity (Wildman–Crippen MR) is 162 cm³/mol. The van der Waals surface area contributed by atoms with Gasteiger partial charge in [-0.2, -0.15) is 0 Å². The molecule has 9 heteroatoms. The Morgan fingerprint density at radius 2 is 1.00 bits per heavy atom. The van der Waals surface area contributed by atoms with Crippen molar-refractivity contribution < 1.29 is 28.4 Å². The summed E-state index contributed by atoms with van der Waals surface area (Å²) >= 11 is 0. The largest absolute Gasteiger partial charge is 0.756 e. The molecule has 0 aromatic heterocycles. The maximum atomic E-state index is 11.7. The molecule has 0 rings (SSSR count). The molecule has 1 atom stereocenters. The molecule has 0 spiro atoms. The van der Waals surface area contributed by atoms with Gasteiger partial charge in [-0.1, -0.05) is 136 Å². The van der Waals surface area contributed by atoms with E-state index in [0.717, 1.165) is 38.5 Å². The summed E-state index contributed by atoms with van der Waals surface area (Å²) in [6, 6.07) is -0.716. The van der Waals surface area contributed by atoms with Crippen molar-refractivity contribution in [2.24, 2.45) is 11.5 Å². The van der Waals surface area contributed by atoms with Crippen LogP contribution in [0.5, 0.6) is 0 Å². The highest BCUT2D eigenvalue weighted by Gasteiger charge is 2.09. The number of carboxylic acid groups (broad SMARTS) is 1. The average Bonchev–Trinajstić information content (AvgIpc) is 2.90. The van der Waals surface area contributed by atoms with Gasteiger partial charge in [0, 0.05) is 0 Å². The standard InChI is InChI=1S/C24H51O4P.C6H14N2O2/c1-3-5-7-9-11-13-15-17-19-21-23-27-29(25,26)28-24-22-20-18-16-14-12-10-8-6-4-2;7-4-2-1-3-5(8)6(9)10/h3-24H2,1-2H3,(H,25,26);5H,1-4,7-8H2,(H,9,10)/p-1. The number of phosphoric acid groups is 1. The molecule has 8 nitrogen and oxygen atoms in total. The van der Waals surface area contributed by atoms with E-state index in [-0.39, 0.29) is 13.2 Å². The topological polar surface area (TPSA) is 148 Å². The summed E-state index contributed by atoms with van der Waals surface area (Å²) in [5.74, 6) is -0.933. The van der Waals surface area contributed by atoms with Crippen LogP contribution in [0.3, 0.4) is 0 Å². The summed E-state index contributed by atoms with van der Waals surface area (Å²) in [4.78, 5) is 21.9. The fourth-order valence-electron chi connectivity index (χ4n) is 4.20. The van der Waals surface area contributed by atoms with Crippen LogP contribution in [-0.4, -0.2) is 36.9 Å². The van der Waals surface area contributed by atoms with Gasteiger partial charge in [-0.15, -0.1) is 0 Å². The van der Waals surface area contributed by atoms with Crippen LogP contribution in [0.25, 0.3) is 0 Å². The van der Waals surface area contributed by atoms with Crippen molar-refractivity contribution in [3.63, 3.8) is 0 Å². The molecule has 0 aliphatic carbocycles. The highest BCUT2D eigenvalue weighted by atomic mass is 31.2. The molecule has 0 heterocycles. The smallest absolute Gasteiger partial charge is 0.320 e. The third-order valence-corrected chi connectivity index (χ3v) is 7.78. The Morgan fingerprint density at radius 3 is 1.31 bits per heavy atom. The Kier molecular flexibility index (Phi) is 33.4. The van der Waals surface area contributed by atoms with Crippen molar-refractivity contribution in [3.8, 4) is 0 Å². The minimum atomic E-state index is -4.10. The monoisotopic (exact) mass is 579 g/mol. The Morgan fingerprint density at radius 1 is 0.667 bits per heavy atom. The molecule has 0 amide bonds. The number of phosphoric ester groups is 1. The van der Waals surface area contributed by atoms with E-state index in [9.17, 15) is 14.3 Å². The highest BCUT2D eigenvalue weighted by Crippen LogP contribution is 2.38. The van der Waals surface area contributed by atoms with E-state index in [4.69, 9.17) is 25.6 Å². The van der Waals surface area contributed by atoms with Crippen LogP contribution in [0.4, 0.5) is 0 Å². The molecule has 0 aromatic rings.